The van der Waals surface area contributed by atoms with Crippen LogP contribution in [0.15, 0.2) is 82.4 Å². The largest absolute Gasteiger partial charge is 0.467 e. The number of benzene rings is 2. The molecule has 5 nitrogen and oxygen atoms in total. The number of nitrogens with one attached hydrogen (secondary N) is 1. The van der Waals surface area contributed by atoms with E-state index in [0.717, 1.165) is 32.8 Å². The van der Waals surface area contributed by atoms with Gasteiger partial charge < -0.3 is 9.73 Å². The molecule has 4 aromatic rings. The third-order valence-electron chi connectivity index (χ3n) is 4.08. The van der Waals surface area contributed by atoms with Crippen molar-refractivity contribution in [1.82, 2.24) is 15.5 Å². The predicted molar refractivity (Wildman–Crippen MR) is 106 cm³/mol. The maximum Gasteiger partial charge on any atom is 0.230 e. The van der Waals surface area contributed by atoms with E-state index in [4.69, 9.17) is 4.42 Å². The number of furan rings is 1. The number of hydrogen-bond acceptors (Lipinski definition) is 5. The fraction of sp³-hybridized carbons (Fsp3) is 0.0952. The molecule has 0 saturated carbocycles. The van der Waals surface area contributed by atoms with Gasteiger partial charge in [-0.3, -0.25) is 4.79 Å². The van der Waals surface area contributed by atoms with Crippen molar-refractivity contribution in [2.45, 2.75) is 11.6 Å². The highest BCUT2D eigenvalue weighted by Gasteiger charge is 2.12. The molecule has 0 aliphatic rings. The van der Waals surface area contributed by atoms with Crippen LogP contribution in [-0.4, -0.2) is 21.9 Å². The average Bonchev–Trinajstić information content (AvgIpc) is 3.25. The van der Waals surface area contributed by atoms with Crippen LogP contribution >= 0.6 is 11.8 Å². The van der Waals surface area contributed by atoms with Crippen molar-refractivity contribution < 1.29 is 9.21 Å². The van der Waals surface area contributed by atoms with Crippen molar-refractivity contribution in [2.24, 2.45) is 0 Å². The van der Waals surface area contributed by atoms with Crippen molar-refractivity contribution in [2.75, 3.05) is 5.75 Å². The van der Waals surface area contributed by atoms with Crippen molar-refractivity contribution in [3.8, 4) is 11.3 Å². The van der Waals surface area contributed by atoms with Crippen LogP contribution in [0.5, 0.6) is 0 Å². The Morgan fingerprint density at radius 1 is 0.926 bits per heavy atom. The first-order valence-corrected chi connectivity index (χ1v) is 9.52. The molecule has 0 unspecified atom stereocenters. The van der Waals surface area contributed by atoms with E-state index in [2.05, 4.69) is 15.5 Å². The van der Waals surface area contributed by atoms with Gasteiger partial charge in [0.05, 0.1) is 18.6 Å². The van der Waals surface area contributed by atoms with E-state index in [1.54, 1.807) is 12.3 Å². The molecule has 1 N–H and O–H groups in total. The lowest BCUT2D eigenvalue weighted by atomic mass is 10.1. The predicted octanol–water partition coefficient (Wildman–Crippen LogP) is 4.30. The fourth-order valence-corrected chi connectivity index (χ4v) is 3.58. The number of aromatic nitrogens is 2. The molecule has 134 valence electrons. The number of amides is 1. The lowest BCUT2D eigenvalue weighted by Gasteiger charge is -2.09. The minimum atomic E-state index is -0.0746. The average molecular weight is 375 g/mol. The number of thioether (sulfide) groups is 1. The zero-order valence-electron chi connectivity index (χ0n) is 14.5. The summed E-state index contributed by atoms with van der Waals surface area (Å²) in [7, 11) is 0. The Morgan fingerprint density at radius 2 is 1.70 bits per heavy atom. The molecule has 0 fully saturated rings. The molecule has 2 aromatic carbocycles. The molecule has 27 heavy (non-hydrogen) atoms. The van der Waals surface area contributed by atoms with Gasteiger partial charge in [0.15, 0.2) is 0 Å². The number of carbonyl (C=O) groups excluding carboxylic acids is 1. The first-order valence-electron chi connectivity index (χ1n) is 8.54. The molecule has 2 aromatic heterocycles. The first kappa shape index (κ1) is 17.3. The SMILES string of the molecule is O=C(CSc1nnc(-c2ccccc2)c2ccccc12)NCc1ccco1. The Kier molecular flexibility index (Phi) is 5.16. The Morgan fingerprint density at radius 3 is 2.48 bits per heavy atom. The molecule has 0 bridgehead atoms. The highest BCUT2D eigenvalue weighted by atomic mass is 32.2. The number of nitrogens with zero attached hydrogens (tertiary/aromatic N) is 2. The van der Waals surface area contributed by atoms with Gasteiger partial charge in [-0.25, -0.2) is 0 Å². The Labute approximate surface area is 160 Å². The van der Waals surface area contributed by atoms with E-state index in [1.807, 2.05) is 60.7 Å². The molecule has 0 atom stereocenters. The fourth-order valence-electron chi connectivity index (χ4n) is 2.78. The number of carbonyl (C=O) groups is 1. The Balaban J connectivity index is 1.52. The third kappa shape index (κ3) is 4.01. The summed E-state index contributed by atoms with van der Waals surface area (Å²) in [6, 6.07) is 21.6. The summed E-state index contributed by atoms with van der Waals surface area (Å²) in [6.45, 7) is 0.381. The second-order valence-electron chi connectivity index (χ2n) is 5.91. The van der Waals surface area contributed by atoms with E-state index in [9.17, 15) is 4.79 Å². The third-order valence-corrected chi connectivity index (χ3v) is 5.06. The van der Waals surface area contributed by atoms with Crippen LogP contribution < -0.4 is 5.32 Å². The van der Waals surface area contributed by atoms with Crippen molar-refractivity contribution in [3.05, 3.63) is 78.8 Å². The van der Waals surface area contributed by atoms with Gasteiger partial charge in [0.2, 0.25) is 5.91 Å². The van der Waals surface area contributed by atoms with E-state index in [1.165, 1.54) is 11.8 Å². The molecule has 0 spiro atoms. The minimum absolute atomic E-state index is 0.0746. The summed E-state index contributed by atoms with van der Waals surface area (Å²) < 4.78 is 5.22. The van der Waals surface area contributed by atoms with E-state index < -0.39 is 0 Å². The van der Waals surface area contributed by atoms with Crippen LogP contribution in [0.3, 0.4) is 0 Å². The van der Waals surface area contributed by atoms with Crippen molar-refractivity contribution in [1.29, 1.82) is 0 Å². The molecule has 6 heteroatoms. The lowest BCUT2D eigenvalue weighted by Crippen LogP contribution is -2.24. The summed E-state index contributed by atoms with van der Waals surface area (Å²) in [5.74, 6) is 0.921. The monoisotopic (exact) mass is 375 g/mol. The number of rotatable bonds is 6. The first-order chi connectivity index (χ1) is 13.3. The van der Waals surface area contributed by atoms with Gasteiger partial charge in [0.25, 0.3) is 0 Å². The molecule has 1 amide bonds. The topological polar surface area (TPSA) is 68.0 Å². The van der Waals surface area contributed by atoms with E-state index >= 15 is 0 Å². The molecule has 0 saturated heterocycles. The summed E-state index contributed by atoms with van der Waals surface area (Å²) >= 11 is 1.38. The Bertz CT molecular complexity index is 1050. The van der Waals surface area contributed by atoms with Crippen LogP contribution in [0.25, 0.3) is 22.0 Å². The second kappa shape index (κ2) is 8.05. The summed E-state index contributed by atoms with van der Waals surface area (Å²) in [6.07, 6.45) is 1.59. The number of hydrogen-bond donors (Lipinski definition) is 1. The van der Waals surface area contributed by atoms with Gasteiger partial charge in [-0.2, -0.15) is 0 Å². The van der Waals surface area contributed by atoms with Crippen LogP contribution in [0.2, 0.25) is 0 Å². The molecular weight excluding hydrogens is 358 g/mol. The van der Waals surface area contributed by atoms with Gasteiger partial charge in [-0.05, 0) is 12.1 Å². The summed E-state index contributed by atoms with van der Waals surface area (Å²) in [4.78, 5) is 12.1. The van der Waals surface area contributed by atoms with E-state index in [0.29, 0.717) is 6.54 Å². The van der Waals surface area contributed by atoms with Gasteiger partial charge in [0, 0.05) is 16.3 Å². The minimum Gasteiger partial charge on any atom is -0.467 e. The molecule has 2 heterocycles. The highest BCUT2D eigenvalue weighted by Crippen LogP contribution is 2.31. The molecule has 0 aliphatic heterocycles. The zero-order valence-corrected chi connectivity index (χ0v) is 15.3. The van der Waals surface area contributed by atoms with Crippen LogP contribution in [0.4, 0.5) is 0 Å². The van der Waals surface area contributed by atoms with Gasteiger partial charge in [-0.1, -0.05) is 66.4 Å². The molecular formula is C21H17N3O2S. The second-order valence-corrected chi connectivity index (χ2v) is 6.87. The summed E-state index contributed by atoms with van der Waals surface area (Å²) in [5.41, 5.74) is 1.87. The highest BCUT2D eigenvalue weighted by molar-refractivity contribution is 8.00. The van der Waals surface area contributed by atoms with Crippen molar-refractivity contribution >= 4 is 28.4 Å². The van der Waals surface area contributed by atoms with Crippen LogP contribution in [-0.2, 0) is 11.3 Å². The molecule has 0 radical (unpaired) electrons. The maximum absolute atomic E-state index is 12.1. The lowest BCUT2D eigenvalue weighted by molar-refractivity contribution is -0.118. The Hall–Kier alpha value is -3.12. The smallest absolute Gasteiger partial charge is 0.230 e. The zero-order chi connectivity index (χ0) is 18.5. The number of fused-ring (bicyclic) bond motifs is 1. The maximum atomic E-state index is 12.1. The van der Waals surface area contributed by atoms with Crippen molar-refractivity contribution in [3.63, 3.8) is 0 Å². The molecule has 4 rings (SSSR count). The van der Waals surface area contributed by atoms with Gasteiger partial charge >= 0.3 is 0 Å². The van der Waals surface area contributed by atoms with Crippen LogP contribution in [0.1, 0.15) is 5.76 Å². The van der Waals surface area contributed by atoms with Gasteiger partial charge in [-0.15, -0.1) is 10.2 Å². The molecule has 0 aliphatic carbocycles. The normalized spacial score (nSPS) is 10.8. The summed E-state index contributed by atoms with van der Waals surface area (Å²) in [5, 5.41) is 14.4. The van der Waals surface area contributed by atoms with Crippen LogP contribution in [0, 0.1) is 0 Å². The van der Waals surface area contributed by atoms with Gasteiger partial charge in [0.1, 0.15) is 16.5 Å². The standard InChI is InChI=1S/C21H17N3O2S/c25-19(22-13-16-9-6-12-26-16)14-27-21-18-11-5-4-10-17(18)20(23-24-21)15-7-2-1-3-8-15/h1-12H,13-14H2,(H,22,25). The van der Waals surface area contributed by atoms with E-state index in [-0.39, 0.29) is 11.7 Å². The quantitative estimate of drug-likeness (QED) is 0.509.